The molecule has 0 unspecified atom stereocenters. The zero-order valence-electron chi connectivity index (χ0n) is 8.66. The first kappa shape index (κ1) is 11.2. The van der Waals surface area contributed by atoms with Gasteiger partial charge in [0.2, 0.25) is 10.0 Å². The molecule has 0 atom stereocenters. The lowest BCUT2D eigenvalue weighted by Crippen LogP contribution is -2.23. The predicted molar refractivity (Wildman–Crippen MR) is 56.8 cm³/mol. The van der Waals surface area contributed by atoms with Gasteiger partial charge in [0.05, 0.1) is 4.90 Å². The largest absolute Gasteiger partial charge is 0.240 e. The molecule has 14 heavy (non-hydrogen) atoms. The average Bonchev–Trinajstić information content (AvgIpc) is 2.02. The molecule has 1 aromatic rings. The Morgan fingerprint density at radius 2 is 1.93 bits per heavy atom. The summed E-state index contributed by atoms with van der Waals surface area (Å²) in [6, 6.07) is 5.31. The van der Waals surface area contributed by atoms with Crippen LogP contribution in [0.1, 0.15) is 18.1 Å². The average molecular weight is 213 g/mol. The highest BCUT2D eigenvalue weighted by atomic mass is 32.2. The molecule has 78 valence electrons. The van der Waals surface area contributed by atoms with Gasteiger partial charge >= 0.3 is 0 Å². The highest BCUT2D eigenvalue weighted by Gasteiger charge is 2.14. The summed E-state index contributed by atoms with van der Waals surface area (Å²) in [5.74, 6) is 0. The van der Waals surface area contributed by atoms with Crippen LogP contribution in [0.25, 0.3) is 0 Å². The topological polar surface area (TPSA) is 46.2 Å². The van der Waals surface area contributed by atoms with Gasteiger partial charge in [-0.1, -0.05) is 24.6 Å². The molecule has 0 aliphatic rings. The summed E-state index contributed by atoms with van der Waals surface area (Å²) in [5, 5.41) is 0. The second-order valence-electron chi connectivity index (χ2n) is 3.27. The van der Waals surface area contributed by atoms with Gasteiger partial charge in [0, 0.05) is 6.54 Å². The van der Waals surface area contributed by atoms with E-state index in [1.54, 1.807) is 26.0 Å². The van der Waals surface area contributed by atoms with Crippen molar-refractivity contribution < 1.29 is 8.42 Å². The van der Waals surface area contributed by atoms with Gasteiger partial charge in [0.25, 0.3) is 0 Å². The van der Waals surface area contributed by atoms with Crippen LogP contribution in [-0.4, -0.2) is 15.0 Å². The normalized spacial score (nSPS) is 11.6. The van der Waals surface area contributed by atoms with Gasteiger partial charge in [0.1, 0.15) is 0 Å². The zero-order chi connectivity index (χ0) is 10.8. The molecular weight excluding hydrogens is 198 g/mol. The first-order valence-electron chi connectivity index (χ1n) is 4.54. The number of hydrogen-bond donors (Lipinski definition) is 1. The summed E-state index contributed by atoms with van der Waals surface area (Å²) < 4.78 is 25.8. The smallest absolute Gasteiger partial charge is 0.211 e. The maximum atomic E-state index is 11.7. The summed E-state index contributed by atoms with van der Waals surface area (Å²) in [6.07, 6.45) is 0. The lowest BCUT2D eigenvalue weighted by molar-refractivity contribution is 0.583. The lowest BCUT2D eigenvalue weighted by Gasteiger charge is -2.07. The van der Waals surface area contributed by atoms with E-state index >= 15 is 0 Å². The molecule has 0 fully saturated rings. The van der Waals surface area contributed by atoms with Gasteiger partial charge in [-0.3, -0.25) is 0 Å². The maximum absolute atomic E-state index is 11.7. The standard InChI is InChI=1S/C10H15NO2S/c1-4-11-14(12,13)10-6-5-8(2)7-9(10)3/h5-7,11H,4H2,1-3H3. The van der Waals surface area contributed by atoms with Crippen molar-refractivity contribution in [1.82, 2.24) is 4.72 Å². The molecule has 0 aliphatic carbocycles. The van der Waals surface area contributed by atoms with Crippen molar-refractivity contribution in [1.29, 1.82) is 0 Å². The van der Waals surface area contributed by atoms with Crippen LogP contribution >= 0.6 is 0 Å². The van der Waals surface area contributed by atoms with Crippen LogP contribution in [0.2, 0.25) is 0 Å². The molecular formula is C10H15NO2S. The van der Waals surface area contributed by atoms with E-state index in [4.69, 9.17) is 0 Å². The number of benzene rings is 1. The van der Waals surface area contributed by atoms with E-state index in [0.29, 0.717) is 11.4 Å². The third-order valence-corrected chi connectivity index (χ3v) is 3.66. The molecule has 0 amide bonds. The summed E-state index contributed by atoms with van der Waals surface area (Å²) in [4.78, 5) is 0.366. The van der Waals surface area contributed by atoms with Crippen molar-refractivity contribution in [2.45, 2.75) is 25.7 Å². The highest BCUT2D eigenvalue weighted by Crippen LogP contribution is 2.15. The van der Waals surface area contributed by atoms with E-state index < -0.39 is 10.0 Å². The Hall–Kier alpha value is -0.870. The van der Waals surface area contributed by atoms with E-state index in [0.717, 1.165) is 11.1 Å². The quantitative estimate of drug-likeness (QED) is 0.829. The van der Waals surface area contributed by atoms with Crippen LogP contribution in [0.3, 0.4) is 0 Å². The van der Waals surface area contributed by atoms with Crippen molar-refractivity contribution >= 4 is 10.0 Å². The molecule has 4 heteroatoms. The Balaban J connectivity index is 3.20. The molecule has 0 heterocycles. The van der Waals surface area contributed by atoms with Crippen molar-refractivity contribution in [3.8, 4) is 0 Å². The fourth-order valence-corrected chi connectivity index (χ4v) is 2.63. The van der Waals surface area contributed by atoms with Crippen molar-refractivity contribution in [2.75, 3.05) is 6.54 Å². The third-order valence-electron chi connectivity index (χ3n) is 1.95. The maximum Gasteiger partial charge on any atom is 0.240 e. The Kier molecular flexibility index (Phi) is 3.29. The van der Waals surface area contributed by atoms with Gasteiger partial charge < -0.3 is 0 Å². The minimum atomic E-state index is -3.31. The first-order valence-corrected chi connectivity index (χ1v) is 6.02. The van der Waals surface area contributed by atoms with E-state index in [-0.39, 0.29) is 0 Å². The van der Waals surface area contributed by atoms with Crippen LogP contribution in [0, 0.1) is 13.8 Å². The molecule has 0 aromatic heterocycles. The molecule has 0 radical (unpaired) electrons. The monoisotopic (exact) mass is 213 g/mol. The first-order chi connectivity index (χ1) is 6.47. The van der Waals surface area contributed by atoms with E-state index in [2.05, 4.69) is 4.72 Å². The zero-order valence-corrected chi connectivity index (χ0v) is 9.48. The molecule has 0 bridgehead atoms. The molecule has 3 nitrogen and oxygen atoms in total. The summed E-state index contributed by atoms with van der Waals surface area (Å²) in [6.45, 7) is 5.92. The van der Waals surface area contributed by atoms with Crippen LogP contribution in [0.4, 0.5) is 0 Å². The van der Waals surface area contributed by atoms with Gasteiger partial charge in [-0.25, -0.2) is 13.1 Å². The van der Waals surface area contributed by atoms with Gasteiger partial charge in [-0.05, 0) is 25.5 Å². The third kappa shape index (κ3) is 2.33. The Labute approximate surface area is 85.2 Å². The fraction of sp³-hybridized carbons (Fsp3) is 0.400. The second-order valence-corrected chi connectivity index (χ2v) is 5.01. The molecule has 1 aromatic carbocycles. The Bertz CT molecular complexity index is 424. The van der Waals surface area contributed by atoms with Crippen LogP contribution in [0.15, 0.2) is 23.1 Å². The lowest BCUT2D eigenvalue weighted by atomic mass is 10.2. The summed E-state index contributed by atoms with van der Waals surface area (Å²) in [7, 11) is -3.31. The van der Waals surface area contributed by atoms with Gasteiger partial charge in [-0.2, -0.15) is 0 Å². The van der Waals surface area contributed by atoms with Crippen LogP contribution < -0.4 is 4.72 Å². The van der Waals surface area contributed by atoms with E-state index in [1.165, 1.54) is 0 Å². The SMILES string of the molecule is CCNS(=O)(=O)c1ccc(C)cc1C. The van der Waals surface area contributed by atoms with Crippen molar-refractivity contribution in [3.63, 3.8) is 0 Å². The van der Waals surface area contributed by atoms with E-state index in [9.17, 15) is 8.42 Å². The van der Waals surface area contributed by atoms with Crippen LogP contribution in [-0.2, 0) is 10.0 Å². The van der Waals surface area contributed by atoms with Crippen molar-refractivity contribution in [3.05, 3.63) is 29.3 Å². The number of sulfonamides is 1. The second kappa shape index (κ2) is 4.11. The van der Waals surface area contributed by atoms with E-state index in [1.807, 2.05) is 13.0 Å². The number of hydrogen-bond acceptors (Lipinski definition) is 2. The molecule has 0 saturated carbocycles. The van der Waals surface area contributed by atoms with Crippen LogP contribution in [0.5, 0.6) is 0 Å². The molecule has 1 N–H and O–H groups in total. The molecule has 0 aliphatic heterocycles. The number of nitrogens with one attached hydrogen (secondary N) is 1. The molecule has 0 saturated heterocycles. The molecule has 1 rings (SSSR count). The fourth-order valence-electron chi connectivity index (χ4n) is 1.37. The number of rotatable bonds is 3. The molecule has 0 spiro atoms. The number of aryl methyl sites for hydroxylation is 2. The minimum Gasteiger partial charge on any atom is -0.211 e. The minimum absolute atomic E-state index is 0.366. The Morgan fingerprint density at radius 1 is 1.29 bits per heavy atom. The highest BCUT2D eigenvalue weighted by molar-refractivity contribution is 7.89. The van der Waals surface area contributed by atoms with Crippen molar-refractivity contribution in [2.24, 2.45) is 0 Å². The summed E-state index contributed by atoms with van der Waals surface area (Å²) in [5.41, 5.74) is 1.85. The van der Waals surface area contributed by atoms with Gasteiger partial charge in [-0.15, -0.1) is 0 Å². The summed E-state index contributed by atoms with van der Waals surface area (Å²) >= 11 is 0. The predicted octanol–water partition coefficient (Wildman–Crippen LogP) is 1.60. The Morgan fingerprint density at radius 3 is 2.43 bits per heavy atom. The van der Waals surface area contributed by atoms with Gasteiger partial charge in [0.15, 0.2) is 0 Å².